The van der Waals surface area contributed by atoms with Crippen LogP contribution in [-0.4, -0.2) is 75.8 Å². The molecule has 0 unspecified atom stereocenters. The van der Waals surface area contributed by atoms with Crippen LogP contribution in [0.3, 0.4) is 0 Å². The maximum Gasteiger partial charge on any atom is 0.262 e. The first-order valence-corrected chi connectivity index (χ1v) is 14.6. The Labute approximate surface area is 223 Å². The van der Waals surface area contributed by atoms with E-state index < -0.39 is 21.7 Å². The zero-order valence-electron chi connectivity index (χ0n) is 21.7. The van der Waals surface area contributed by atoms with Gasteiger partial charge in [0.2, 0.25) is 10.0 Å². The van der Waals surface area contributed by atoms with E-state index in [-0.39, 0.29) is 12.5 Å². The molecule has 0 aliphatic carbocycles. The number of sulfonamides is 1. The number of hydrogen-bond donors (Lipinski definition) is 1. The highest BCUT2D eigenvalue weighted by molar-refractivity contribution is 7.89. The van der Waals surface area contributed by atoms with E-state index in [1.807, 2.05) is 37.3 Å². The molecule has 0 spiro atoms. The number of carbonyl (C=O) groups excluding carboxylic acids is 1. The molecule has 1 fully saturated rings. The second-order valence-electron chi connectivity index (χ2n) is 9.69. The van der Waals surface area contributed by atoms with Crippen LogP contribution in [0.25, 0.3) is 10.9 Å². The smallest absolute Gasteiger partial charge is 0.262 e. The van der Waals surface area contributed by atoms with Gasteiger partial charge in [0.05, 0.1) is 12.1 Å². The van der Waals surface area contributed by atoms with Crippen molar-refractivity contribution in [2.45, 2.75) is 45.6 Å². The Balaban J connectivity index is 1.17. The zero-order chi connectivity index (χ0) is 27.0. The number of aryl methyl sites for hydroxylation is 2. The van der Waals surface area contributed by atoms with Gasteiger partial charge in [0.1, 0.15) is 11.6 Å². The molecule has 38 heavy (non-hydrogen) atoms. The summed E-state index contributed by atoms with van der Waals surface area (Å²) in [5.41, 5.74) is 2.98. The lowest BCUT2D eigenvalue weighted by Crippen LogP contribution is -2.44. The van der Waals surface area contributed by atoms with E-state index in [0.717, 1.165) is 22.2 Å². The summed E-state index contributed by atoms with van der Waals surface area (Å²) in [7, 11) is -3.80. The minimum Gasteiger partial charge on any atom is -0.376 e. The van der Waals surface area contributed by atoms with Crippen LogP contribution < -0.4 is 0 Å². The number of hydrogen-bond acceptors (Lipinski definition) is 8. The van der Waals surface area contributed by atoms with E-state index in [0.29, 0.717) is 69.3 Å². The lowest BCUT2D eigenvalue weighted by molar-refractivity contribution is -0.162. The molecule has 204 valence electrons. The van der Waals surface area contributed by atoms with Crippen LogP contribution in [0.15, 0.2) is 48.8 Å². The van der Waals surface area contributed by atoms with Crippen molar-refractivity contribution in [2.75, 3.05) is 32.0 Å². The molecule has 1 aliphatic heterocycles. The fourth-order valence-electron chi connectivity index (χ4n) is 4.65. The number of rotatable bonds is 12. The normalized spacial score (nSPS) is 15.1. The van der Waals surface area contributed by atoms with Gasteiger partial charge in [-0.1, -0.05) is 18.2 Å². The quantitative estimate of drug-likeness (QED) is 0.211. The van der Waals surface area contributed by atoms with Gasteiger partial charge < -0.3 is 4.74 Å². The Morgan fingerprint density at radius 2 is 1.87 bits per heavy atom. The molecule has 1 aliphatic rings. The predicted octanol–water partition coefficient (Wildman–Crippen LogP) is 3.13. The largest absolute Gasteiger partial charge is 0.376 e. The van der Waals surface area contributed by atoms with Gasteiger partial charge in [-0.15, -0.1) is 0 Å². The van der Waals surface area contributed by atoms with E-state index in [1.165, 1.54) is 4.31 Å². The molecule has 1 N–H and O–H groups in total. The van der Waals surface area contributed by atoms with Crippen LogP contribution >= 0.6 is 0 Å². The first kappa shape index (κ1) is 28.0. The molecule has 0 atom stereocenters. The SMILES string of the molecule is Cc1cc(COCC2CCN(S(=O)(=O)CC(=O)N(O)CCCCc3ncccn3)CC2)c2ccccc2n1. The highest BCUT2D eigenvalue weighted by Crippen LogP contribution is 2.23. The zero-order valence-corrected chi connectivity index (χ0v) is 22.5. The maximum absolute atomic E-state index is 12.8. The number of carbonyl (C=O) groups is 1. The van der Waals surface area contributed by atoms with Crippen molar-refractivity contribution in [3.05, 3.63) is 65.9 Å². The van der Waals surface area contributed by atoms with E-state index in [9.17, 15) is 18.4 Å². The molecule has 1 aromatic carbocycles. The second-order valence-corrected chi connectivity index (χ2v) is 11.7. The molecular weight excluding hydrogens is 506 g/mol. The second kappa shape index (κ2) is 13.2. The number of benzene rings is 1. The molecule has 0 saturated carbocycles. The number of amides is 1. The van der Waals surface area contributed by atoms with Crippen LogP contribution in [0, 0.1) is 12.8 Å². The predicted molar refractivity (Wildman–Crippen MR) is 143 cm³/mol. The van der Waals surface area contributed by atoms with Crippen LogP contribution in [0.1, 0.15) is 42.8 Å². The summed E-state index contributed by atoms with van der Waals surface area (Å²) in [4.78, 5) is 25.2. The summed E-state index contributed by atoms with van der Waals surface area (Å²) < 4.78 is 32.9. The number of aromatic nitrogens is 3. The summed E-state index contributed by atoms with van der Waals surface area (Å²) in [6.07, 6.45) is 6.46. The third-order valence-electron chi connectivity index (χ3n) is 6.74. The number of fused-ring (bicyclic) bond motifs is 1. The van der Waals surface area contributed by atoms with E-state index in [4.69, 9.17) is 4.74 Å². The van der Waals surface area contributed by atoms with Gasteiger partial charge in [-0.2, -0.15) is 0 Å². The fourth-order valence-corrected chi connectivity index (χ4v) is 6.07. The van der Waals surface area contributed by atoms with Gasteiger partial charge in [-0.25, -0.2) is 27.8 Å². The summed E-state index contributed by atoms with van der Waals surface area (Å²) >= 11 is 0. The number of hydroxylamine groups is 2. The number of ether oxygens (including phenoxy) is 1. The molecule has 10 nitrogen and oxygen atoms in total. The Kier molecular flexibility index (Phi) is 9.73. The number of piperidine rings is 1. The van der Waals surface area contributed by atoms with Crippen LogP contribution in [0.2, 0.25) is 0 Å². The minimum atomic E-state index is -3.80. The fraction of sp³-hybridized carbons (Fsp3) is 0.481. The average molecular weight is 542 g/mol. The lowest BCUT2D eigenvalue weighted by atomic mass is 9.99. The maximum atomic E-state index is 12.8. The van der Waals surface area contributed by atoms with Crippen molar-refractivity contribution in [3.63, 3.8) is 0 Å². The van der Waals surface area contributed by atoms with Crippen molar-refractivity contribution in [1.29, 1.82) is 0 Å². The third kappa shape index (κ3) is 7.76. The Bertz CT molecular complexity index is 1310. The molecule has 11 heteroatoms. The van der Waals surface area contributed by atoms with E-state index >= 15 is 0 Å². The standard InChI is InChI=1S/C27H35N5O5S/c1-21-17-23(24-7-2-3-8-25(24)30-21)19-37-18-22-10-15-31(16-11-22)38(35,36)20-27(33)32(34)14-5-4-9-26-28-12-6-13-29-26/h2-3,6-8,12-13,17,22,34H,4-5,9-11,14-16,18-20H2,1H3. The molecule has 1 amide bonds. The first-order valence-electron chi connectivity index (χ1n) is 13.0. The lowest BCUT2D eigenvalue weighted by Gasteiger charge is -2.31. The molecule has 1 saturated heterocycles. The van der Waals surface area contributed by atoms with Crippen molar-refractivity contribution in [2.24, 2.45) is 5.92 Å². The Morgan fingerprint density at radius 3 is 2.63 bits per heavy atom. The molecule has 0 radical (unpaired) electrons. The summed E-state index contributed by atoms with van der Waals surface area (Å²) in [5.74, 6) is -0.609. The van der Waals surface area contributed by atoms with Gasteiger partial charge in [0.15, 0.2) is 0 Å². The first-order chi connectivity index (χ1) is 18.3. The van der Waals surface area contributed by atoms with Gasteiger partial charge in [-0.05, 0) is 62.3 Å². The summed E-state index contributed by atoms with van der Waals surface area (Å²) in [6, 6.07) is 11.8. The number of nitrogens with zero attached hydrogens (tertiary/aromatic N) is 5. The highest BCUT2D eigenvalue weighted by atomic mass is 32.2. The minimum absolute atomic E-state index is 0.0624. The van der Waals surface area contributed by atoms with E-state index in [1.54, 1.807) is 18.5 Å². The van der Waals surface area contributed by atoms with Crippen molar-refractivity contribution in [1.82, 2.24) is 24.3 Å². The molecule has 4 rings (SSSR count). The van der Waals surface area contributed by atoms with Gasteiger partial charge in [0, 0.05) is 56.1 Å². The summed E-state index contributed by atoms with van der Waals surface area (Å²) in [5, 5.41) is 11.6. The average Bonchev–Trinajstić information content (AvgIpc) is 2.91. The molecule has 3 aromatic rings. The van der Waals surface area contributed by atoms with Gasteiger partial charge >= 0.3 is 0 Å². The number of unbranched alkanes of at least 4 members (excludes halogenated alkanes) is 1. The number of pyridine rings is 1. The molecule has 3 heterocycles. The van der Waals surface area contributed by atoms with Crippen molar-refractivity contribution in [3.8, 4) is 0 Å². The van der Waals surface area contributed by atoms with Crippen molar-refractivity contribution < 1.29 is 23.2 Å². The highest BCUT2D eigenvalue weighted by Gasteiger charge is 2.31. The van der Waals surface area contributed by atoms with Crippen LogP contribution in [0.4, 0.5) is 0 Å². The van der Waals surface area contributed by atoms with Gasteiger partial charge in [-0.3, -0.25) is 15.0 Å². The van der Waals surface area contributed by atoms with E-state index in [2.05, 4.69) is 15.0 Å². The van der Waals surface area contributed by atoms with Crippen molar-refractivity contribution >= 4 is 26.8 Å². The molecule has 2 aromatic heterocycles. The topological polar surface area (TPSA) is 126 Å². The Morgan fingerprint density at radius 1 is 1.13 bits per heavy atom. The monoisotopic (exact) mass is 541 g/mol. The molecular formula is C27H35N5O5S. The third-order valence-corrected chi connectivity index (χ3v) is 8.50. The number of para-hydroxylation sites is 1. The van der Waals surface area contributed by atoms with Crippen LogP contribution in [0.5, 0.6) is 0 Å². The Hall–Kier alpha value is -2.99. The summed E-state index contributed by atoms with van der Waals surface area (Å²) in [6.45, 7) is 3.72. The molecule has 0 bridgehead atoms. The van der Waals surface area contributed by atoms with Gasteiger partial charge in [0.25, 0.3) is 5.91 Å². The van der Waals surface area contributed by atoms with Crippen LogP contribution in [-0.2, 0) is 32.6 Å².